The number of amides is 2. The van der Waals surface area contributed by atoms with Crippen LogP contribution >= 0.6 is 23.2 Å². The minimum absolute atomic E-state index is 0.169. The molecule has 1 N–H and O–H groups in total. The van der Waals surface area contributed by atoms with Gasteiger partial charge < -0.3 is 10.2 Å². The van der Waals surface area contributed by atoms with Gasteiger partial charge in [0.25, 0.3) is 0 Å². The molecule has 0 radical (unpaired) electrons. The Labute approximate surface area is 156 Å². The Kier molecular flexibility index (Phi) is 5.61. The fourth-order valence-corrected chi connectivity index (χ4v) is 3.30. The Morgan fingerprint density at radius 3 is 2.56 bits per heavy atom. The summed E-state index contributed by atoms with van der Waals surface area (Å²) in [7, 11) is 0. The minimum atomic E-state index is -0.637. The number of hydrogen-bond acceptors (Lipinski definition) is 2. The van der Waals surface area contributed by atoms with Crippen LogP contribution in [0.1, 0.15) is 12.0 Å². The molecule has 1 saturated heterocycles. The van der Waals surface area contributed by atoms with Crippen molar-refractivity contribution < 1.29 is 9.59 Å². The highest BCUT2D eigenvalue weighted by atomic mass is 35.5. The van der Waals surface area contributed by atoms with Crippen LogP contribution in [0.2, 0.25) is 10.0 Å². The summed E-state index contributed by atoms with van der Waals surface area (Å²) in [5.74, 6) is -1.03. The lowest BCUT2D eigenvalue weighted by Gasteiger charge is -2.17. The van der Waals surface area contributed by atoms with Gasteiger partial charge in [0.2, 0.25) is 11.8 Å². The van der Waals surface area contributed by atoms with Crippen LogP contribution in [-0.2, 0) is 16.0 Å². The third-order valence-electron chi connectivity index (χ3n) is 4.31. The highest BCUT2D eigenvalue weighted by Crippen LogP contribution is 2.26. The van der Waals surface area contributed by atoms with Gasteiger partial charge in [-0.3, -0.25) is 9.59 Å². The number of halogens is 2. The van der Waals surface area contributed by atoms with Crippen molar-refractivity contribution in [3.8, 4) is 0 Å². The normalized spacial score (nSPS) is 17.0. The van der Waals surface area contributed by atoms with Crippen LogP contribution in [0.3, 0.4) is 0 Å². The van der Waals surface area contributed by atoms with E-state index >= 15 is 0 Å². The zero-order valence-electron chi connectivity index (χ0n) is 13.5. The minimum Gasteiger partial charge on any atom is -0.355 e. The summed E-state index contributed by atoms with van der Waals surface area (Å²) < 4.78 is 0. The lowest BCUT2D eigenvalue weighted by molar-refractivity contribution is -0.132. The summed E-state index contributed by atoms with van der Waals surface area (Å²) in [5.41, 5.74) is 1.74. The lowest BCUT2D eigenvalue weighted by Crippen LogP contribution is -2.37. The summed E-state index contributed by atoms with van der Waals surface area (Å²) in [6, 6.07) is 14.6. The topological polar surface area (TPSA) is 49.4 Å². The van der Waals surface area contributed by atoms with Crippen LogP contribution in [0, 0.1) is 5.92 Å². The molecule has 1 aliphatic heterocycles. The van der Waals surface area contributed by atoms with E-state index in [1.165, 1.54) is 0 Å². The molecule has 6 heteroatoms. The molecule has 0 aliphatic carbocycles. The maximum Gasteiger partial charge on any atom is 0.239 e. The van der Waals surface area contributed by atoms with Gasteiger partial charge in [-0.15, -0.1) is 0 Å². The van der Waals surface area contributed by atoms with Gasteiger partial charge in [0, 0.05) is 28.8 Å². The maximum atomic E-state index is 12.5. The van der Waals surface area contributed by atoms with Gasteiger partial charge in [-0.05, 0) is 48.7 Å². The molecule has 2 aromatic rings. The van der Waals surface area contributed by atoms with Crippen molar-refractivity contribution in [3.63, 3.8) is 0 Å². The Morgan fingerprint density at radius 1 is 1.12 bits per heavy atom. The summed E-state index contributed by atoms with van der Waals surface area (Å²) in [4.78, 5) is 26.5. The summed E-state index contributed by atoms with van der Waals surface area (Å²) in [6.07, 6.45) is 1.15. The van der Waals surface area contributed by atoms with E-state index in [0.717, 1.165) is 11.3 Å². The second-order valence-electron chi connectivity index (χ2n) is 5.94. The van der Waals surface area contributed by atoms with E-state index in [4.69, 9.17) is 23.2 Å². The quantitative estimate of drug-likeness (QED) is 0.808. The number of carbonyl (C=O) groups is 2. The predicted molar refractivity (Wildman–Crippen MR) is 100 cm³/mol. The number of nitrogens with zero attached hydrogens (tertiary/aromatic N) is 1. The molecule has 3 rings (SSSR count). The molecular weight excluding hydrogens is 359 g/mol. The van der Waals surface area contributed by atoms with Crippen LogP contribution in [0.5, 0.6) is 0 Å². The third-order valence-corrected chi connectivity index (χ3v) is 4.93. The predicted octanol–water partition coefficient (Wildman–Crippen LogP) is 3.71. The Balaban J connectivity index is 1.55. The highest BCUT2D eigenvalue weighted by Gasteiger charge is 2.37. The van der Waals surface area contributed by atoms with Gasteiger partial charge in [0.05, 0.1) is 0 Å². The van der Waals surface area contributed by atoms with E-state index in [9.17, 15) is 9.59 Å². The Morgan fingerprint density at radius 2 is 1.84 bits per heavy atom. The molecule has 1 heterocycles. The number of nitrogens with one attached hydrogen (secondary N) is 1. The zero-order valence-corrected chi connectivity index (χ0v) is 15.1. The molecule has 1 aliphatic rings. The second-order valence-corrected chi connectivity index (χ2v) is 6.78. The highest BCUT2D eigenvalue weighted by molar-refractivity contribution is 6.31. The van der Waals surface area contributed by atoms with Gasteiger partial charge in [-0.1, -0.05) is 41.4 Å². The molecule has 2 aromatic carbocycles. The SMILES string of the molecule is O=C(NCCc1ccccc1Cl)C1CCN(c2ccc(Cl)cc2)C1=O. The van der Waals surface area contributed by atoms with Gasteiger partial charge in [-0.2, -0.15) is 0 Å². The number of benzene rings is 2. The summed E-state index contributed by atoms with van der Waals surface area (Å²) >= 11 is 12.0. The molecule has 1 fully saturated rings. The first kappa shape index (κ1) is 17.8. The monoisotopic (exact) mass is 376 g/mol. The standard InChI is InChI=1S/C19H18Cl2N2O2/c20-14-5-7-15(8-6-14)23-12-10-16(19(23)25)18(24)22-11-9-13-3-1-2-4-17(13)21/h1-8,16H,9-12H2,(H,22,24). The molecular formula is C19H18Cl2N2O2. The molecule has 1 unspecified atom stereocenters. The van der Waals surface area contributed by atoms with E-state index in [2.05, 4.69) is 5.32 Å². The lowest BCUT2D eigenvalue weighted by atomic mass is 10.1. The molecule has 0 aromatic heterocycles. The van der Waals surface area contributed by atoms with Crippen molar-refractivity contribution in [3.05, 3.63) is 64.1 Å². The van der Waals surface area contributed by atoms with Crippen LogP contribution in [0.15, 0.2) is 48.5 Å². The average molecular weight is 377 g/mol. The van der Waals surface area contributed by atoms with Gasteiger partial charge in [0.15, 0.2) is 0 Å². The van der Waals surface area contributed by atoms with Crippen molar-refractivity contribution in [2.75, 3.05) is 18.0 Å². The number of rotatable bonds is 5. The first-order valence-corrected chi connectivity index (χ1v) is 8.90. The smallest absolute Gasteiger partial charge is 0.239 e. The maximum absolute atomic E-state index is 12.5. The Hall–Kier alpha value is -2.04. The van der Waals surface area contributed by atoms with Crippen LogP contribution in [-0.4, -0.2) is 24.9 Å². The second kappa shape index (κ2) is 7.89. The fraction of sp³-hybridized carbons (Fsp3) is 0.263. The molecule has 1 atom stereocenters. The van der Waals surface area contributed by atoms with Crippen molar-refractivity contribution in [2.24, 2.45) is 5.92 Å². The van der Waals surface area contributed by atoms with Gasteiger partial charge in [0.1, 0.15) is 5.92 Å². The van der Waals surface area contributed by atoms with Crippen LogP contribution < -0.4 is 10.2 Å². The van der Waals surface area contributed by atoms with E-state index in [1.807, 2.05) is 24.3 Å². The summed E-state index contributed by atoms with van der Waals surface area (Å²) in [5, 5.41) is 4.14. The first-order valence-electron chi connectivity index (χ1n) is 8.14. The number of hydrogen-bond donors (Lipinski definition) is 1. The van der Waals surface area contributed by atoms with E-state index < -0.39 is 5.92 Å². The van der Waals surface area contributed by atoms with Crippen molar-refractivity contribution in [1.82, 2.24) is 5.32 Å². The third kappa shape index (κ3) is 4.14. The van der Waals surface area contributed by atoms with Crippen molar-refractivity contribution >= 4 is 40.7 Å². The molecule has 0 bridgehead atoms. The number of carbonyl (C=O) groups excluding carboxylic acids is 2. The van der Waals surface area contributed by atoms with Crippen LogP contribution in [0.25, 0.3) is 0 Å². The average Bonchev–Trinajstić information content (AvgIpc) is 2.99. The van der Waals surface area contributed by atoms with Crippen molar-refractivity contribution in [1.29, 1.82) is 0 Å². The largest absolute Gasteiger partial charge is 0.355 e. The molecule has 0 spiro atoms. The van der Waals surface area contributed by atoms with E-state index in [1.54, 1.807) is 29.2 Å². The van der Waals surface area contributed by atoms with Gasteiger partial charge in [-0.25, -0.2) is 0 Å². The molecule has 0 saturated carbocycles. The van der Waals surface area contributed by atoms with Crippen LogP contribution in [0.4, 0.5) is 5.69 Å². The molecule has 4 nitrogen and oxygen atoms in total. The molecule has 130 valence electrons. The van der Waals surface area contributed by atoms with E-state index in [0.29, 0.717) is 36.0 Å². The molecule has 25 heavy (non-hydrogen) atoms. The summed E-state index contributed by atoms with van der Waals surface area (Å²) in [6.45, 7) is 0.982. The zero-order chi connectivity index (χ0) is 17.8. The van der Waals surface area contributed by atoms with Crippen molar-refractivity contribution in [2.45, 2.75) is 12.8 Å². The van der Waals surface area contributed by atoms with E-state index in [-0.39, 0.29) is 11.8 Å². The van der Waals surface area contributed by atoms with Gasteiger partial charge >= 0.3 is 0 Å². The number of anilines is 1. The molecule has 2 amide bonds. The first-order chi connectivity index (χ1) is 12.1. The Bertz CT molecular complexity index is 777. The fourth-order valence-electron chi connectivity index (χ4n) is 2.95.